The van der Waals surface area contributed by atoms with Crippen LogP contribution in [0, 0.1) is 5.92 Å². The molecule has 3 rings (SSSR count). The van der Waals surface area contributed by atoms with Gasteiger partial charge in [-0.25, -0.2) is 0 Å². The molecule has 3 fully saturated rings. The molecule has 0 spiro atoms. The molecule has 0 aromatic rings. The Labute approximate surface area is 181 Å². The third kappa shape index (κ3) is 6.27. The van der Waals surface area contributed by atoms with Crippen molar-refractivity contribution in [3.63, 3.8) is 0 Å². The van der Waals surface area contributed by atoms with Gasteiger partial charge in [0.1, 0.15) is 0 Å². The molecule has 2 saturated heterocycles. The lowest BCUT2D eigenvalue weighted by molar-refractivity contribution is -0.121. The highest BCUT2D eigenvalue weighted by molar-refractivity contribution is 7.99. The highest BCUT2D eigenvalue weighted by atomic mass is 32.2. The van der Waals surface area contributed by atoms with Crippen molar-refractivity contribution < 1.29 is 4.79 Å². The molecule has 3 aliphatic rings. The summed E-state index contributed by atoms with van der Waals surface area (Å²) in [5.74, 6) is 4.30. The number of hydrogen-bond donors (Lipinski definition) is 2. The molecule has 1 saturated carbocycles. The Kier molecular flexibility index (Phi) is 8.97. The molecule has 2 aliphatic heterocycles. The van der Waals surface area contributed by atoms with Crippen molar-refractivity contribution >= 4 is 23.6 Å². The fraction of sp³-hybridized carbons (Fsp3) is 0.909. The average molecular weight is 424 g/mol. The smallest absolute Gasteiger partial charge is 0.220 e. The first-order chi connectivity index (χ1) is 14.2. The van der Waals surface area contributed by atoms with Crippen LogP contribution in [0.1, 0.15) is 58.3 Å². The van der Waals surface area contributed by atoms with Gasteiger partial charge in [-0.1, -0.05) is 19.3 Å². The predicted molar refractivity (Wildman–Crippen MR) is 124 cm³/mol. The topological polar surface area (TPSA) is 60.0 Å². The maximum atomic E-state index is 11.7. The van der Waals surface area contributed by atoms with Crippen molar-refractivity contribution in [2.75, 3.05) is 57.8 Å². The number of hydrogen-bond acceptors (Lipinski definition) is 4. The summed E-state index contributed by atoms with van der Waals surface area (Å²) in [6, 6.07) is 0. The fourth-order valence-electron chi connectivity index (χ4n) is 5.18. The second kappa shape index (κ2) is 11.4. The number of carbonyl (C=O) groups is 1. The van der Waals surface area contributed by atoms with Crippen molar-refractivity contribution in [1.29, 1.82) is 0 Å². The molecule has 166 valence electrons. The molecule has 0 atom stereocenters. The van der Waals surface area contributed by atoms with Gasteiger partial charge in [-0.05, 0) is 38.5 Å². The lowest BCUT2D eigenvalue weighted by Crippen LogP contribution is -2.56. The van der Waals surface area contributed by atoms with E-state index in [9.17, 15) is 4.79 Å². The van der Waals surface area contributed by atoms with E-state index < -0.39 is 0 Å². The number of aliphatic imine (C=N–C) groups is 1. The number of piperidine rings is 1. The second-order valence-electron chi connectivity index (χ2n) is 8.86. The molecular formula is C22H41N5OS. The molecule has 2 heterocycles. The number of guanidine groups is 1. The Bertz CT molecular complexity index is 535. The number of rotatable bonds is 6. The number of amides is 1. The molecule has 0 aromatic carbocycles. The fourth-order valence-corrected chi connectivity index (χ4v) is 6.09. The molecule has 0 radical (unpaired) electrons. The summed E-state index contributed by atoms with van der Waals surface area (Å²) in [5, 5.41) is 6.32. The minimum Gasteiger partial charge on any atom is -0.359 e. The third-order valence-corrected chi connectivity index (χ3v) is 7.93. The van der Waals surface area contributed by atoms with Gasteiger partial charge in [0.05, 0.1) is 6.54 Å². The molecule has 0 bridgehead atoms. The zero-order valence-electron chi connectivity index (χ0n) is 18.5. The van der Waals surface area contributed by atoms with Crippen LogP contribution >= 0.6 is 11.8 Å². The summed E-state index contributed by atoms with van der Waals surface area (Å²) in [7, 11) is 1.73. The van der Waals surface area contributed by atoms with Crippen LogP contribution in [0.25, 0.3) is 0 Å². The zero-order chi connectivity index (χ0) is 20.5. The Hall–Kier alpha value is -0.950. The summed E-state index contributed by atoms with van der Waals surface area (Å²) in [6.07, 6.45) is 9.49. The number of thioether (sulfide) groups is 1. The Morgan fingerprint density at radius 2 is 1.79 bits per heavy atom. The highest BCUT2D eigenvalue weighted by Gasteiger charge is 2.38. The Morgan fingerprint density at radius 3 is 2.41 bits per heavy atom. The van der Waals surface area contributed by atoms with Crippen LogP contribution in [0.2, 0.25) is 0 Å². The molecule has 1 amide bonds. The van der Waals surface area contributed by atoms with Crippen LogP contribution in [-0.4, -0.2) is 85.0 Å². The largest absolute Gasteiger partial charge is 0.359 e. The molecule has 7 heteroatoms. The summed E-state index contributed by atoms with van der Waals surface area (Å²) in [6.45, 7) is 8.44. The van der Waals surface area contributed by atoms with E-state index in [1.165, 1.54) is 56.7 Å². The van der Waals surface area contributed by atoms with Crippen LogP contribution in [0.3, 0.4) is 0 Å². The van der Waals surface area contributed by atoms with E-state index >= 15 is 0 Å². The molecule has 1 aliphatic carbocycles. The first-order valence-corrected chi connectivity index (χ1v) is 12.9. The van der Waals surface area contributed by atoms with Crippen LogP contribution in [0.4, 0.5) is 0 Å². The van der Waals surface area contributed by atoms with Crippen LogP contribution < -0.4 is 10.6 Å². The van der Waals surface area contributed by atoms with Gasteiger partial charge in [-0.3, -0.25) is 14.7 Å². The normalized spacial score (nSPS) is 24.3. The van der Waals surface area contributed by atoms with Gasteiger partial charge in [0.15, 0.2) is 5.96 Å². The van der Waals surface area contributed by atoms with E-state index in [-0.39, 0.29) is 11.4 Å². The van der Waals surface area contributed by atoms with Crippen molar-refractivity contribution in [3.8, 4) is 0 Å². The third-order valence-electron chi connectivity index (χ3n) is 6.99. The predicted octanol–water partition coefficient (Wildman–Crippen LogP) is 2.55. The Morgan fingerprint density at radius 1 is 1.10 bits per heavy atom. The summed E-state index contributed by atoms with van der Waals surface area (Å²) >= 11 is 2.10. The van der Waals surface area contributed by atoms with Crippen molar-refractivity contribution in [2.45, 2.75) is 63.8 Å². The minimum absolute atomic E-state index is 0.169. The molecule has 0 unspecified atom stereocenters. The summed E-state index contributed by atoms with van der Waals surface area (Å²) in [5.41, 5.74) is 0.275. The maximum Gasteiger partial charge on any atom is 0.220 e. The van der Waals surface area contributed by atoms with E-state index in [2.05, 4.69) is 39.1 Å². The summed E-state index contributed by atoms with van der Waals surface area (Å²) in [4.78, 5) is 22.1. The van der Waals surface area contributed by atoms with E-state index in [4.69, 9.17) is 4.99 Å². The van der Waals surface area contributed by atoms with Crippen LogP contribution in [0.5, 0.6) is 0 Å². The SMILES string of the molecule is CCNC(=NCC1(N2CCSCC2)CCCCC1)N1CCC(CC(=O)NC)CC1. The highest BCUT2D eigenvalue weighted by Crippen LogP contribution is 2.35. The number of nitrogens with zero attached hydrogens (tertiary/aromatic N) is 3. The van der Waals surface area contributed by atoms with Crippen molar-refractivity contribution in [1.82, 2.24) is 20.4 Å². The van der Waals surface area contributed by atoms with Crippen molar-refractivity contribution in [3.05, 3.63) is 0 Å². The molecular weight excluding hydrogens is 382 g/mol. The average Bonchev–Trinajstić information content (AvgIpc) is 2.78. The van der Waals surface area contributed by atoms with E-state index in [1.807, 2.05) is 0 Å². The van der Waals surface area contributed by atoms with E-state index in [1.54, 1.807) is 7.05 Å². The monoisotopic (exact) mass is 423 g/mol. The van der Waals surface area contributed by atoms with Crippen LogP contribution in [-0.2, 0) is 4.79 Å². The lowest BCUT2D eigenvalue weighted by Gasteiger charge is -2.47. The number of carbonyl (C=O) groups excluding carboxylic acids is 1. The second-order valence-corrected chi connectivity index (χ2v) is 10.1. The van der Waals surface area contributed by atoms with Gasteiger partial charge >= 0.3 is 0 Å². The Balaban J connectivity index is 1.63. The van der Waals surface area contributed by atoms with E-state index in [0.717, 1.165) is 45.0 Å². The standard InChI is InChI=1S/C22H41N5OS/c1-3-24-21(26-11-7-19(8-12-26)17-20(28)23-2)25-18-22(9-5-4-6-10-22)27-13-15-29-16-14-27/h19H,3-18H2,1-2H3,(H,23,28)(H,24,25). The quantitative estimate of drug-likeness (QED) is 0.508. The van der Waals surface area contributed by atoms with Gasteiger partial charge in [0, 0.05) is 63.2 Å². The van der Waals surface area contributed by atoms with Gasteiger partial charge in [-0.2, -0.15) is 11.8 Å². The minimum atomic E-state index is 0.169. The lowest BCUT2D eigenvalue weighted by atomic mass is 9.80. The number of nitrogens with one attached hydrogen (secondary N) is 2. The zero-order valence-corrected chi connectivity index (χ0v) is 19.4. The van der Waals surface area contributed by atoms with Crippen molar-refractivity contribution in [2.24, 2.45) is 10.9 Å². The maximum absolute atomic E-state index is 11.7. The first-order valence-electron chi connectivity index (χ1n) is 11.7. The van der Waals surface area contributed by atoms with Crippen LogP contribution in [0.15, 0.2) is 4.99 Å². The van der Waals surface area contributed by atoms with Gasteiger partial charge < -0.3 is 15.5 Å². The van der Waals surface area contributed by atoms with Gasteiger partial charge in [-0.15, -0.1) is 0 Å². The number of likely N-dealkylation sites (tertiary alicyclic amines) is 1. The molecule has 0 aromatic heterocycles. The summed E-state index contributed by atoms with van der Waals surface area (Å²) < 4.78 is 0. The molecule has 29 heavy (non-hydrogen) atoms. The molecule has 2 N–H and O–H groups in total. The first kappa shape index (κ1) is 22.7. The molecule has 6 nitrogen and oxygen atoms in total. The van der Waals surface area contributed by atoms with Gasteiger partial charge in [0.2, 0.25) is 5.91 Å². The van der Waals surface area contributed by atoms with E-state index in [0.29, 0.717) is 12.3 Å². The van der Waals surface area contributed by atoms with Gasteiger partial charge in [0.25, 0.3) is 0 Å².